The SMILES string of the molecule is CC(C)c1nc(-c2cccc3ccccc23)[nH]c(=O)c1Br. The van der Waals surface area contributed by atoms with Gasteiger partial charge in [0.15, 0.2) is 0 Å². The lowest BCUT2D eigenvalue weighted by Gasteiger charge is -2.11. The molecule has 0 unspecified atom stereocenters. The Morgan fingerprint density at radius 3 is 2.57 bits per heavy atom. The Kier molecular flexibility index (Phi) is 3.64. The molecule has 0 saturated carbocycles. The van der Waals surface area contributed by atoms with E-state index in [1.807, 2.05) is 44.2 Å². The van der Waals surface area contributed by atoms with Gasteiger partial charge in [-0.1, -0.05) is 56.3 Å². The van der Waals surface area contributed by atoms with Gasteiger partial charge in [0.25, 0.3) is 5.56 Å². The van der Waals surface area contributed by atoms with Gasteiger partial charge >= 0.3 is 0 Å². The fourth-order valence-electron chi connectivity index (χ4n) is 2.42. The van der Waals surface area contributed by atoms with E-state index in [2.05, 4.69) is 38.0 Å². The Labute approximate surface area is 131 Å². The predicted molar refractivity (Wildman–Crippen MR) is 89.6 cm³/mol. The lowest BCUT2D eigenvalue weighted by atomic mass is 10.0. The minimum absolute atomic E-state index is 0.142. The number of hydrogen-bond acceptors (Lipinski definition) is 2. The van der Waals surface area contributed by atoms with Crippen molar-refractivity contribution in [1.29, 1.82) is 0 Å². The highest BCUT2D eigenvalue weighted by molar-refractivity contribution is 9.10. The fraction of sp³-hybridized carbons (Fsp3) is 0.176. The number of fused-ring (bicyclic) bond motifs is 1. The molecule has 21 heavy (non-hydrogen) atoms. The summed E-state index contributed by atoms with van der Waals surface area (Å²) in [6.07, 6.45) is 0. The topological polar surface area (TPSA) is 45.8 Å². The molecule has 0 fully saturated rings. The minimum Gasteiger partial charge on any atom is -0.306 e. The molecule has 2 aromatic carbocycles. The first-order valence-electron chi connectivity index (χ1n) is 6.86. The maximum absolute atomic E-state index is 12.1. The summed E-state index contributed by atoms with van der Waals surface area (Å²) in [4.78, 5) is 19.6. The third-order valence-electron chi connectivity index (χ3n) is 3.48. The standard InChI is InChI=1S/C17H15BrN2O/c1-10(2)15-14(18)17(21)20-16(19-15)13-9-5-7-11-6-3-4-8-12(11)13/h3-10H,1-2H3,(H,19,20,21). The number of rotatable bonds is 2. The average Bonchev–Trinajstić information content (AvgIpc) is 2.49. The van der Waals surface area contributed by atoms with Crippen LogP contribution in [-0.4, -0.2) is 9.97 Å². The predicted octanol–water partition coefficient (Wildman–Crippen LogP) is 4.48. The summed E-state index contributed by atoms with van der Waals surface area (Å²) in [7, 11) is 0. The van der Waals surface area contributed by atoms with Gasteiger partial charge in [0.1, 0.15) is 10.3 Å². The molecule has 1 heterocycles. The van der Waals surface area contributed by atoms with Crippen molar-refractivity contribution in [1.82, 2.24) is 9.97 Å². The number of hydrogen-bond donors (Lipinski definition) is 1. The third-order valence-corrected chi connectivity index (χ3v) is 4.25. The molecule has 1 N–H and O–H groups in total. The van der Waals surface area contributed by atoms with Crippen LogP contribution in [0.1, 0.15) is 25.5 Å². The van der Waals surface area contributed by atoms with Crippen molar-refractivity contribution in [3.63, 3.8) is 0 Å². The van der Waals surface area contributed by atoms with Crippen LogP contribution in [-0.2, 0) is 0 Å². The van der Waals surface area contributed by atoms with Crippen LogP contribution in [0.3, 0.4) is 0 Å². The average molecular weight is 343 g/mol. The number of nitrogens with zero attached hydrogens (tertiary/aromatic N) is 1. The largest absolute Gasteiger partial charge is 0.306 e. The van der Waals surface area contributed by atoms with Crippen molar-refractivity contribution in [3.05, 3.63) is 63.0 Å². The zero-order chi connectivity index (χ0) is 15.0. The van der Waals surface area contributed by atoms with Crippen molar-refractivity contribution in [2.75, 3.05) is 0 Å². The van der Waals surface area contributed by atoms with Gasteiger partial charge in [-0.15, -0.1) is 0 Å². The summed E-state index contributed by atoms with van der Waals surface area (Å²) < 4.78 is 0.515. The van der Waals surface area contributed by atoms with E-state index in [4.69, 9.17) is 0 Å². The molecule has 0 amide bonds. The lowest BCUT2D eigenvalue weighted by molar-refractivity contribution is 0.804. The highest BCUT2D eigenvalue weighted by Crippen LogP contribution is 2.27. The maximum Gasteiger partial charge on any atom is 0.265 e. The van der Waals surface area contributed by atoms with Crippen molar-refractivity contribution in [2.45, 2.75) is 19.8 Å². The van der Waals surface area contributed by atoms with Gasteiger partial charge in [0, 0.05) is 5.56 Å². The van der Waals surface area contributed by atoms with Crippen molar-refractivity contribution < 1.29 is 0 Å². The molecule has 106 valence electrons. The van der Waals surface area contributed by atoms with E-state index in [0.717, 1.165) is 22.0 Å². The quantitative estimate of drug-likeness (QED) is 0.746. The second kappa shape index (κ2) is 5.45. The highest BCUT2D eigenvalue weighted by atomic mass is 79.9. The maximum atomic E-state index is 12.1. The van der Waals surface area contributed by atoms with Crippen LogP contribution in [0.5, 0.6) is 0 Å². The first-order valence-corrected chi connectivity index (χ1v) is 7.65. The minimum atomic E-state index is -0.142. The summed E-state index contributed by atoms with van der Waals surface area (Å²) >= 11 is 3.33. The molecule has 1 aromatic heterocycles. The van der Waals surface area contributed by atoms with Gasteiger partial charge in [-0.3, -0.25) is 4.79 Å². The van der Waals surface area contributed by atoms with Crippen LogP contribution >= 0.6 is 15.9 Å². The Hall–Kier alpha value is -1.94. The van der Waals surface area contributed by atoms with Gasteiger partial charge in [-0.05, 0) is 32.6 Å². The summed E-state index contributed by atoms with van der Waals surface area (Å²) in [5.41, 5.74) is 1.58. The first-order chi connectivity index (χ1) is 10.1. The van der Waals surface area contributed by atoms with E-state index < -0.39 is 0 Å². The van der Waals surface area contributed by atoms with Crippen molar-refractivity contribution in [2.24, 2.45) is 0 Å². The normalized spacial score (nSPS) is 11.2. The second-order valence-electron chi connectivity index (χ2n) is 5.30. The lowest BCUT2D eigenvalue weighted by Crippen LogP contribution is -2.14. The molecule has 0 saturated heterocycles. The van der Waals surface area contributed by atoms with Crippen LogP contribution in [0.15, 0.2) is 51.7 Å². The Balaban J connectivity index is 2.31. The van der Waals surface area contributed by atoms with Crippen LogP contribution in [0.4, 0.5) is 0 Å². The van der Waals surface area contributed by atoms with Crippen LogP contribution < -0.4 is 5.56 Å². The molecule has 3 rings (SSSR count). The molecule has 3 aromatic rings. The molecule has 0 spiro atoms. The van der Waals surface area contributed by atoms with E-state index in [1.165, 1.54) is 0 Å². The van der Waals surface area contributed by atoms with E-state index in [1.54, 1.807) is 0 Å². The summed E-state index contributed by atoms with van der Waals surface area (Å²) in [6, 6.07) is 14.1. The highest BCUT2D eigenvalue weighted by Gasteiger charge is 2.14. The third kappa shape index (κ3) is 2.51. The van der Waals surface area contributed by atoms with Crippen LogP contribution in [0.2, 0.25) is 0 Å². The van der Waals surface area contributed by atoms with Gasteiger partial charge in [-0.2, -0.15) is 0 Å². The molecule has 3 nitrogen and oxygen atoms in total. The Morgan fingerprint density at radius 1 is 1.10 bits per heavy atom. The van der Waals surface area contributed by atoms with Crippen molar-refractivity contribution >= 4 is 26.7 Å². The molecular weight excluding hydrogens is 328 g/mol. The summed E-state index contributed by atoms with van der Waals surface area (Å²) in [5.74, 6) is 0.791. The van der Waals surface area contributed by atoms with Gasteiger partial charge in [-0.25, -0.2) is 4.98 Å². The van der Waals surface area contributed by atoms with Gasteiger partial charge in [0.2, 0.25) is 0 Å². The number of H-pyrrole nitrogens is 1. The molecular formula is C17H15BrN2O. The monoisotopic (exact) mass is 342 g/mol. The van der Waals surface area contributed by atoms with E-state index in [-0.39, 0.29) is 11.5 Å². The van der Waals surface area contributed by atoms with Crippen LogP contribution in [0.25, 0.3) is 22.2 Å². The zero-order valence-corrected chi connectivity index (χ0v) is 13.4. The number of nitrogens with one attached hydrogen (secondary N) is 1. The molecule has 0 radical (unpaired) electrons. The first kappa shape index (κ1) is 14.0. The van der Waals surface area contributed by atoms with Gasteiger partial charge < -0.3 is 4.98 Å². The zero-order valence-electron chi connectivity index (χ0n) is 11.9. The summed E-state index contributed by atoms with van der Waals surface area (Å²) in [5, 5.41) is 2.21. The van der Waals surface area contributed by atoms with E-state index >= 15 is 0 Å². The number of aromatic amines is 1. The van der Waals surface area contributed by atoms with E-state index in [9.17, 15) is 4.79 Å². The number of benzene rings is 2. The molecule has 0 atom stereocenters. The molecule has 4 heteroatoms. The fourth-order valence-corrected chi connectivity index (χ4v) is 3.06. The molecule has 0 aliphatic heterocycles. The van der Waals surface area contributed by atoms with E-state index in [0.29, 0.717) is 10.3 Å². The number of aromatic nitrogens is 2. The number of halogens is 1. The molecule has 0 bridgehead atoms. The Morgan fingerprint density at radius 2 is 1.81 bits per heavy atom. The molecule has 0 aliphatic rings. The van der Waals surface area contributed by atoms with Crippen molar-refractivity contribution in [3.8, 4) is 11.4 Å². The second-order valence-corrected chi connectivity index (χ2v) is 6.09. The molecule has 0 aliphatic carbocycles. The summed E-state index contributed by atoms with van der Waals surface area (Å²) in [6.45, 7) is 4.05. The van der Waals surface area contributed by atoms with Crippen LogP contribution in [0, 0.1) is 0 Å². The Bertz CT molecular complexity index is 863. The van der Waals surface area contributed by atoms with Gasteiger partial charge in [0.05, 0.1) is 5.69 Å². The smallest absolute Gasteiger partial charge is 0.265 e.